The third-order valence-electron chi connectivity index (χ3n) is 3.48. The maximum atomic E-state index is 13.1. The molecule has 0 spiro atoms. The Morgan fingerprint density at radius 3 is 2.28 bits per heavy atom. The van der Waals surface area contributed by atoms with Gasteiger partial charge in [-0.15, -0.1) is 0 Å². The van der Waals surface area contributed by atoms with Crippen molar-refractivity contribution in [1.82, 2.24) is 4.98 Å². The average molecular weight is 360 g/mol. The number of aromatic amines is 1. The summed E-state index contributed by atoms with van der Waals surface area (Å²) in [4.78, 5) is 14.0. The number of hydrogen-bond donors (Lipinski definition) is 3. The molecule has 1 aromatic heterocycles. The summed E-state index contributed by atoms with van der Waals surface area (Å²) in [7, 11) is -3.87. The molecule has 0 bridgehead atoms. The third-order valence-corrected chi connectivity index (χ3v) is 4.87. The Morgan fingerprint density at radius 2 is 1.68 bits per heavy atom. The van der Waals surface area contributed by atoms with E-state index in [0.29, 0.717) is 5.56 Å². The van der Waals surface area contributed by atoms with Gasteiger partial charge in [-0.3, -0.25) is 4.72 Å². The van der Waals surface area contributed by atoms with E-state index in [4.69, 9.17) is 0 Å². The fraction of sp³-hybridized carbons (Fsp3) is 0. The van der Waals surface area contributed by atoms with Crippen LogP contribution in [-0.2, 0) is 10.0 Å². The third kappa shape index (κ3) is 3.53. The van der Waals surface area contributed by atoms with E-state index >= 15 is 0 Å². The second-order valence-electron chi connectivity index (χ2n) is 5.20. The second kappa shape index (κ2) is 6.40. The van der Waals surface area contributed by atoms with Crippen LogP contribution in [0.4, 0.5) is 10.2 Å². The molecule has 1 heterocycles. The molecule has 2 aromatic carbocycles. The van der Waals surface area contributed by atoms with E-state index in [9.17, 15) is 22.7 Å². The zero-order chi connectivity index (χ0) is 18.0. The molecule has 0 aliphatic heterocycles. The molecule has 0 saturated heterocycles. The molecule has 0 unspecified atom stereocenters. The van der Waals surface area contributed by atoms with E-state index in [0.717, 1.165) is 0 Å². The topological polar surface area (TPSA) is 99.3 Å². The van der Waals surface area contributed by atoms with Crippen LogP contribution in [0.15, 0.2) is 65.6 Å². The predicted molar refractivity (Wildman–Crippen MR) is 90.4 cm³/mol. The second-order valence-corrected chi connectivity index (χ2v) is 6.88. The number of carboxylic acids is 1. The lowest BCUT2D eigenvalue weighted by Gasteiger charge is -2.05. The number of nitrogens with one attached hydrogen (secondary N) is 2. The number of rotatable bonds is 5. The van der Waals surface area contributed by atoms with Crippen LogP contribution in [0, 0.1) is 5.82 Å². The summed E-state index contributed by atoms with van der Waals surface area (Å²) >= 11 is 0. The lowest BCUT2D eigenvalue weighted by molar-refractivity contribution is 0.0692. The quantitative estimate of drug-likeness (QED) is 0.650. The molecule has 0 aliphatic carbocycles. The number of carboxylic acid groups (broad SMARTS) is 1. The number of carbonyl (C=O) groups is 1. The molecule has 0 atom stereocenters. The minimum Gasteiger partial charge on any atom is -0.477 e. The number of H-pyrrole nitrogens is 1. The highest BCUT2D eigenvalue weighted by atomic mass is 32.2. The molecule has 128 valence electrons. The van der Waals surface area contributed by atoms with E-state index in [1.165, 1.54) is 42.5 Å². The van der Waals surface area contributed by atoms with Crippen LogP contribution in [0.5, 0.6) is 0 Å². The first kappa shape index (κ1) is 16.7. The first-order valence-corrected chi connectivity index (χ1v) is 8.65. The molecule has 0 saturated carbocycles. The number of aromatic carboxylic acids is 1. The van der Waals surface area contributed by atoms with Crippen molar-refractivity contribution in [1.29, 1.82) is 0 Å². The van der Waals surface area contributed by atoms with Gasteiger partial charge in [-0.2, -0.15) is 0 Å². The van der Waals surface area contributed by atoms with Gasteiger partial charge in [0.15, 0.2) is 0 Å². The van der Waals surface area contributed by atoms with Crippen LogP contribution in [0.25, 0.3) is 11.1 Å². The standard InChI is InChI=1S/C17H13FN2O4S/c18-12-8-6-11(7-9-12)14-10-15(19-16(14)17(21)22)20-25(23,24)13-4-2-1-3-5-13/h1-10,19-20H,(H,21,22). The van der Waals surface area contributed by atoms with Gasteiger partial charge in [-0.25, -0.2) is 17.6 Å². The molecule has 3 aromatic rings. The van der Waals surface area contributed by atoms with Crippen molar-refractivity contribution < 1.29 is 22.7 Å². The SMILES string of the molecule is O=C(O)c1[nH]c(NS(=O)(=O)c2ccccc2)cc1-c1ccc(F)cc1. The van der Waals surface area contributed by atoms with Gasteiger partial charge in [-0.1, -0.05) is 30.3 Å². The lowest BCUT2D eigenvalue weighted by atomic mass is 10.1. The summed E-state index contributed by atoms with van der Waals surface area (Å²) in [6.07, 6.45) is 0. The Bertz CT molecular complexity index is 1010. The van der Waals surface area contributed by atoms with Crippen molar-refractivity contribution >= 4 is 21.8 Å². The summed E-state index contributed by atoms with van der Waals surface area (Å²) < 4.78 is 40.1. The molecular formula is C17H13FN2O4S. The van der Waals surface area contributed by atoms with E-state index in [2.05, 4.69) is 9.71 Å². The Morgan fingerprint density at radius 1 is 1.04 bits per heavy atom. The molecule has 0 amide bonds. The molecule has 8 heteroatoms. The number of aromatic nitrogens is 1. The first-order chi connectivity index (χ1) is 11.9. The highest BCUT2D eigenvalue weighted by molar-refractivity contribution is 7.92. The van der Waals surface area contributed by atoms with Crippen molar-refractivity contribution in [3.8, 4) is 11.1 Å². The van der Waals surface area contributed by atoms with Gasteiger partial charge in [-0.05, 0) is 35.9 Å². The number of anilines is 1. The van der Waals surface area contributed by atoms with Crippen molar-refractivity contribution in [2.24, 2.45) is 0 Å². The minimum absolute atomic E-state index is 0.000535. The van der Waals surface area contributed by atoms with Crippen molar-refractivity contribution in [3.05, 3.63) is 72.2 Å². The molecular weight excluding hydrogens is 347 g/mol. The first-order valence-electron chi connectivity index (χ1n) is 7.17. The molecule has 25 heavy (non-hydrogen) atoms. The Labute approximate surface area is 143 Å². The van der Waals surface area contributed by atoms with E-state index in [-0.39, 0.29) is 22.0 Å². The van der Waals surface area contributed by atoms with E-state index in [1.54, 1.807) is 18.2 Å². The van der Waals surface area contributed by atoms with E-state index < -0.39 is 21.8 Å². The van der Waals surface area contributed by atoms with Gasteiger partial charge in [0.2, 0.25) is 0 Å². The molecule has 6 nitrogen and oxygen atoms in total. The van der Waals surface area contributed by atoms with Crippen molar-refractivity contribution in [2.45, 2.75) is 4.90 Å². The smallest absolute Gasteiger partial charge is 0.353 e. The van der Waals surface area contributed by atoms with Crippen molar-refractivity contribution in [3.63, 3.8) is 0 Å². The lowest BCUT2D eigenvalue weighted by Crippen LogP contribution is -2.13. The molecule has 3 N–H and O–H groups in total. The summed E-state index contributed by atoms with van der Waals surface area (Å²) in [5.41, 5.74) is 0.496. The van der Waals surface area contributed by atoms with Gasteiger partial charge in [0.05, 0.1) is 4.90 Å². The maximum absolute atomic E-state index is 13.1. The number of sulfonamides is 1. The van der Waals surface area contributed by atoms with Crippen LogP contribution < -0.4 is 4.72 Å². The van der Waals surface area contributed by atoms with Gasteiger partial charge in [0, 0.05) is 5.56 Å². The average Bonchev–Trinajstić information content (AvgIpc) is 3.00. The zero-order valence-electron chi connectivity index (χ0n) is 12.7. The van der Waals surface area contributed by atoms with Crippen molar-refractivity contribution in [2.75, 3.05) is 4.72 Å². The number of hydrogen-bond acceptors (Lipinski definition) is 3. The fourth-order valence-corrected chi connectivity index (χ4v) is 3.37. The molecule has 0 fully saturated rings. The summed E-state index contributed by atoms with van der Waals surface area (Å²) in [6, 6.07) is 14.3. The number of benzene rings is 2. The largest absolute Gasteiger partial charge is 0.477 e. The van der Waals surface area contributed by atoms with E-state index in [1.807, 2.05) is 0 Å². The minimum atomic E-state index is -3.87. The van der Waals surface area contributed by atoms with Crippen LogP contribution in [0.2, 0.25) is 0 Å². The Balaban J connectivity index is 2.00. The van der Waals surface area contributed by atoms with Gasteiger partial charge >= 0.3 is 5.97 Å². The van der Waals surface area contributed by atoms with Crippen LogP contribution >= 0.6 is 0 Å². The van der Waals surface area contributed by atoms with Crippen LogP contribution in [0.3, 0.4) is 0 Å². The summed E-state index contributed by atoms with van der Waals surface area (Å²) in [5, 5.41) is 9.33. The van der Waals surface area contributed by atoms with Gasteiger partial charge in [0.25, 0.3) is 10.0 Å². The highest BCUT2D eigenvalue weighted by Gasteiger charge is 2.20. The van der Waals surface area contributed by atoms with Crippen LogP contribution in [-0.4, -0.2) is 24.5 Å². The molecule has 0 aliphatic rings. The molecule has 0 radical (unpaired) electrons. The van der Waals surface area contributed by atoms with Crippen LogP contribution in [0.1, 0.15) is 10.5 Å². The molecule has 3 rings (SSSR count). The predicted octanol–water partition coefficient (Wildman–Crippen LogP) is 3.32. The maximum Gasteiger partial charge on any atom is 0.353 e. The van der Waals surface area contributed by atoms with Gasteiger partial charge < -0.3 is 10.1 Å². The number of halogens is 1. The fourth-order valence-electron chi connectivity index (χ4n) is 2.34. The highest BCUT2D eigenvalue weighted by Crippen LogP contribution is 2.28. The Kier molecular flexibility index (Phi) is 4.28. The van der Waals surface area contributed by atoms with Gasteiger partial charge in [0.1, 0.15) is 17.3 Å². The zero-order valence-corrected chi connectivity index (χ0v) is 13.5. The Hall–Kier alpha value is -3.13. The summed E-state index contributed by atoms with van der Waals surface area (Å²) in [6.45, 7) is 0. The summed E-state index contributed by atoms with van der Waals surface area (Å²) in [5.74, 6) is -1.72. The monoisotopic (exact) mass is 360 g/mol. The normalized spacial score (nSPS) is 11.2.